The highest BCUT2D eigenvalue weighted by atomic mass is 32.2. The number of sulfonamides is 1. The Morgan fingerprint density at radius 3 is 2.66 bits per heavy atom. The van der Waals surface area contributed by atoms with Crippen LogP contribution in [0.1, 0.15) is 38.1 Å². The van der Waals surface area contributed by atoms with Gasteiger partial charge in [0.1, 0.15) is 0 Å². The van der Waals surface area contributed by atoms with Gasteiger partial charge in [-0.1, -0.05) is 18.2 Å². The van der Waals surface area contributed by atoms with Gasteiger partial charge in [0.2, 0.25) is 10.0 Å². The molecular formula is C20H19N3O3S3. The number of nitrogens with one attached hydrogen (secondary N) is 1. The van der Waals surface area contributed by atoms with Crippen molar-refractivity contribution in [3.63, 3.8) is 0 Å². The minimum absolute atomic E-state index is 0.127. The molecule has 9 heteroatoms. The molecule has 6 nitrogen and oxygen atoms in total. The van der Waals surface area contributed by atoms with Gasteiger partial charge in [0.15, 0.2) is 0 Å². The lowest BCUT2D eigenvalue weighted by molar-refractivity contribution is 0.0718. The van der Waals surface area contributed by atoms with E-state index in [1.54, 1.807) is 40.6 Å². The SMILES string of the molecule is Cc1ccsc1C1CC(c2cccc(NS(C)(=O)=O)c2)=NN1C(=O)c1cccs1. The molecule has 0 radical (unpaired) electrons. The highest BCUT2D eigenvalue weighted by molar-refractivity contribution is 7.92. The second kappa shape index (κ2) is 7.74. The number of hydrogen-bond acceptors (Lipinski definition) is 6. The van der Waals surface area contributed by atoms with E-state index in [-0.39, 0.29) is 11.9 Å². The van der Waals surface area contributed by atoms with Crippen molar-refractivity contribution in [1.29, 1.82) is 0 Å². The molecule has 3 aromatic rings. The van der Waals surface area contributed by atoms with Gasteiger partial charge in [-0.3, -0.25) is 9.52 Å². The number of anilines is 1. The van der Waals surface area contributed by atoms with Gasteiger partial charge >= 0.3 is 0 Å². The number of hydrazone groups is 1. The van der Waals surface area contributed by atoms with E-state index < -0.39 is 10.0 Å². The van der Waals surface area contributed by atoms with Crippen LogP contribution in [0.4, 0.5) is 5.69 Å². The Bertz CT molecular complexity index is 1180. The molecule has 0 bridgehead atoms. The Morgan fingerprint density at radius 1 is 1.17 bits per heavy atom. The fourth-order valence-corrected chi connectivity index (χ4v) is 5.52. The first-order valence-corrected chi connectivity index (χ1v) is 12.5. The summed E-state index contributed by atoms with van der Waals surface area (Å²) in [5.74, 6) is -0.127. The van der Waals surface area contributed by atoms with Crippen LogP contribution in [0.2, 0.25) is 0 Å². The molecular weight excluding hydrogens is 426 g/mol. The molecule has 0 saturated heterocycles. The van der Waals surface area contributed by atoms with Gasteiger partial charge in [-0.25, -0.2) is 13.4 Å². The molecule has 1 atom stereocenters. The summed E-state index contributed by atoms with van der Waals surface area (Å²) in [6, 6.07) is 12.6. The summed E-state index contributed by atoms with van der Waals surface area (Å²) in [5.41, 5.74) is 3.15. The molecule has 1 unspecified atom stereocenters. The van der Waals surface area contributed by atoms with E-state index in [2.05, 4.69) is 9.82 Å². The van der Waals surface area contributed by atoms with E-state index in [1.807, 2.05) is 35.9 Å². The minimum Gasteiger partial charge on any atom is -0.284 e. The van der Waals surface area contributed by atoms with Crippen LogP contribution in [0.15, 0.2) is 58.3 Å². The molecule has 0 spiro atoms. The highest BCUT2D eigenvalue weighted by Gasteiger charge is 2.35. The molecule has 150 valence electrons. The fraction of sp³-hybridized carbons (Fsp3) is 0.200. The van der Waals surface area contributed by atoms with Crippen LogP contribution in [0, 0.1) is 6.92 Å². The predicted octanol–water partition coefficient (Wildman–Crippen LogP) is 4.48. The van der Waals surface area contributed by atoms with E-state index in [0.29, 0.717) is 17.0 Å². The molecule has 1 aliphatic heterocycles. The van der Waals surface area contributed by atoms with Gasteiger partial charge in [0, 0.05) is 17.0 Å². The smallest absolute Gasteiger partial charge is 0.284 e. The van der Waals surface area contributed by atoms with Crippen LogP contribution < -0.4 is 4.72 Å². The van der Waals surface area contributed by atoms with Crippen molar-refractivity contribution in [2.75, 3.05) is 11.0 Å². The highest BCUT2D eigenvalue weighted by Crippen LogP contribution is 2.38. The first-order chi connectivity index (χ1) is 13.8. The standard InChI is InChI=1S/C20H19N3O3S3/c1-13-8-10-28-19(13)17-12-16(21-23(17)20(24)18-7-4-9-27-18)14-5-3-6-15(11-14)22-29(2,25)26/h3-11,17,22H,12H2,1-2H3. The van der Waals surface area contributed by atoms with Crippen molar-refractivity contribution in [2.45, 2.75) is 19.4 Å². The van der Waals surface area contributed by atoms with Crippen molar-refractivity contribution >= 4 is 50.0 Å². The number of rotatable bonds is 5. The molecule has 1 amide bonds. The van der Waals surface area contributed by atoms with Gasteiger partial charge in [-0.05, 0) is 53.1 Å². The Kier molecular flexibility index (Phi) is 5.28. The van der Waals surface area contributed by atoms with Gasteiger partial charge in [0.05, 0.1) is 22.9 Å². The zero-order chi connectivity index (χ0) is 20.6. The lowest BCUT2D eigenvalue weighted by Crippen LogP contribution is -2.26. The number of carbonyl (C=O) groups excluding carboxylic acids is 1. The molecule has 0 fully saturated rings. The quantitative estimate of drug-likeness (QED) is 0.629. The van der Waals surface area contributed by atoms with E-state index in [0.717, 1.165) is 28.0 Å². The minimum atomic E-state index is -3.37. The number of hydrogen-bond donors (Lipinski definition) is 1. The molecule has 1 N–H and O–H groups in total. The summed E-state index contributed by atoms with van der Waals surface area (Å²) in [5, 5.41) is 10.1. The van der Waals surface area contributed by atoms with E-state index in [4.69, 9.17) is 0 Å². The van der Waals surface area contributed by atoms with Crippen LogP contribution in [-0.4, -0.2) is 31.3 Å². The van der Waals surface area contributed by atoms with Crippen molar-refractivity contribution in [2.24, 2.45) is 5.10 Å². The fourth-order valence-electron chi connectivity index (χ4n) is 3.29. The maximum atomic E-state index is 13.1. The first-order valence-electron chi connectivity index (χ1n) is 8.88. The number of benzene rings is 1. The summed E-state index contributed by atoms with van der Waals surface area (Å²) in [4.78, 5) is 14.8. The van der Waals surface area contributed by atoms with Gasteiger partial charge in [-0.2, -0.15) is 5.10 Å². The summed E-state index contributed by atoms with van der Waals surface area (Å²) in [7, 11) is -3.37. The number of amides is 1. The molecule has 1 aromatic carbocycles. The Hall–Kier alpha value is -2.49. The first kappa shape index (κ1) is 19.8. The van der Waals surface area contributed by atoms with E-state index >= 15 is 0 Å². The summed E-state index contributed by atoms with van der Waals surface area (Å²) >= 11 is 3.01. The van der Waals surface area contributed by atoms with E-state index in [1.165, 1.54) is 11.3 Å². The maximum absolute atomic E-state index is 13.1. The monoisotopic (exact) mass is 445 g/mol. The molecule has 29 heavy (non-hydrogen) atoms. The molecule has 0 aliphatic carbocycles. The van der Waals surface area contributed by atoms with Crippen LogP contribution in [0.3, 0.4) is 0 Å². The van der Waals surface area contributed by atoms with Crippen LogP contribution >= 0.6 is 22.7 Å². The Morgan fingerprint density at radius 2 is 2.00 bits per heavy atom. The number of nitrogens with zero attached hydrogens (tertiary/aromatic N) is 2. The number of aryl methyl sites for hydroxylation is 1. The molecule has 2 aromatic heterocycles. The lowest BCUT2D eigenvalue weighted by Gasteiger charge is -2.20. The Labute approximate surface area is 177 Å². The van der Waals surface area contributed by atoms with Crippen molar-refractivity contribution in [3.8, 4) is 0 Å². The van der Waals surface area contributed by atoms with Crippen LogP contribution in [0.25, 0.3) is 0 Å². The average Bonchev–Trinajstić information content (AvgIpc) is 3.40. The average molecular weight is 446 g/mol. The normalized spacial score (nSPS) is 16.7. The zero-order valence-corrected chi connectivity index (χ0v) is 18.3. The van der Waals surface area contributed by atoms with Crippen molar-refractivity contribution < 1.29 is 13.2 Å². The molecule has 1 aliphatic rings. The second-order valence-electron chi connectivity index (χ2n) is 6.82. The molecule has 4 rings (SSSR count). The summed E-state index contributed by atoms with van der Waals surface area (Å²) in [6.07, 6.45) is 1.69. The van der Waals surface area contributed by atoms with Crippen LogP contribution in [0.5, 0.6) is 0 Å². The second-order valence-corrected chi connectivity index (χ2v) is 10.5. The van der Waals surface area contributed by atoms with E-state index in [9.17, 15) is 13.2 Å². The predicted molar refractivity (Wildman–Crippen MR) is 118 cm³/mol. The van der Waals surface area contributed by atoms with Crippen molar-refractivity contribution in [3.05, 3.63) is 74.1 Å². The third-order valence-corrected chi connectivity index (χ3v) is 7.14. The lowest BCUT2D eigenvalue weighted by atomic mass is 10.0. The third-order valence-electron chi connectivity index (χ3n) is 4.55. The van der Waals surface area contributed by atoms with Gasteiger partial charge in [0.25, 0.3) is 5.91 Å². The molecule has 0 saturated carbocycles. The largest absolute Gasteiger partial charge is 0.284 e. The van der Waals surface area contributed by atoms with Gasteiger partial charge < -0.3 is 0 Å². The number of carbonyl (C=O) groups is 1. The van der Waals surface area contributed by atoms with Crippen molar-refractivity contribution in [1.82, 2.24) is 5.01 Å². The molecule has 3 heterocycles. The number of thiophene rings is 2. The zero-order valence-electron chi connectivity index (χ0n) is 15.8. The maximum Gasteiger partial charge on any atom is 0.284 e. The Balaban J connectivity index is 1.71. The summed E-state index contributed by atoms with van der Waals surface area (Å²) in [6.45, 7) is 2.04. The van der Waals surface area contributed by atoms with Crippen LogP contribution in [-0.2, 0) is 10.0 Å². The van der Waals surface area contributed by atoms with Gasteiger partial charge in [-0.15, -0.1) is 22.7 Å². The third kappa shape index (κ3) is 4.26. The summed E-state index contributed by atoms with van der Waals surface area (Å²) < 4.78 is 25.6. The topological polar surface area (TPSA) is 78.8 Å².